The summed E-state index contributed by atoms with van der Waals surface area (Å²) < 4.78 is 4.79. The van der Waals surface area contributed by atoms with Crippen LogP contribution >= 0.6 is 0 Å². The van der Waals surface area contributed by atoms with E-state index in [-0.39, 0.29) is 25.5 Å². The first-order chi connectivity index (χ1) is 9.27. The van der Waals surface area contributed by atoms with Gasteiger partial charge in [-0.25, -0.2) is 9.59 Å². The summed E-state index contributed by atoms with van der Waals surface area (Å²) in [5.41, 5.74) is 5.08. The summed E-state index contributed by atoms with van der Waals surface area (Å²) in [5.74, 6) is -1.68. The van der Waals surface area contributed by atoms with Gasteiger partial charge >= 0.3 is 12.0 Å². The Balaban J connectivity index is 4.68. The molecule has 1 atom stereocenters. The van der Waals surface area contributed by atoms with E-state index in [0.717, 1.165) is 0 Å². The molecule has 0 spiro atoms. The smallest absolute Gasteiger partial charge is 0.326 e. The summed E-state index contributed by atoms with van der Waals surface area (Å²) in [5, 5.41) is 11.4. The average molecular weight is 289 g/mol. The van der Waals surface area contributed by atoms with Crippen LogP contribution in [0.2, 0.25) is 0 Å². The Labute approximate surface area is 118 Å². The van der Waals surface area contributed by atoms with Gasteiger partial charge in [-0.1, -0.05) is 13.8 Å². The SMILES string of the molecule is COCCC(NC(=O)N(CC(N)=O)CC(C)C)C(=O)O. The summed E-state index contributed by atoms with van der Waals surface area (Å²) in [6.07, 6.45) is 0.143. The highest BCUT2D eigenvalue weighted by atomic mass is 16.5. The molecule has 0 aliphatic carbocycles. The molecule has 0 saturated carbocycles. The molecule has 8 heteroatoms. The van der Waals surface area contributed by atoms with E-state index in [2.05, 4.69) is 5.32 Å². The highest BCUT2D eigenvalue weighted by Gasteiger charge is 2.24. The van der Waals surface area contributed by atoms with Crippen LogP contribution in [0.5, 0.6) is 0 Å². The van der Waals surface area contributed by atoms with E-state index in [1.807, 2.05) is 13.8 Å². The van der Waals surface area contributed by atoms with Crippen LogP contribution in [0.1, 0.15) is 20.3 Å². The van der Waals surface area contributed by atoms with Crippen molar-refractivity contribution in [1.82, 2.24) is 10.2 Å². The first-order valence-electron chi connectivity index (χ1n) is 6.33. The third-order valence-electron chi connectivity index (χ3n) is 2.43. The van der Waals surface area contributed by atoms with Gasteiger partial charge in [-0.05, 0) is 5.92 Å². The molecule has 0 aliphatic rings. The van der Waals surface area contributed by atoms with Gasteiger partial charge in [0.1, 0.15) is 12.6 Å². The Bertz CT molecular complexity index is 346. The number of rotatable bonds is 9. The number of hydrogen-bond acceptors (Lipinski definition) is 4. The average Bonchev–Trinajstić information content (AvgIpc) is 2.31. The van der Waals surface area contributed by atoms with Crippen molar-refractivity contribution < 1.29 is 24.2 Å². The van der Waals surface area contributed by atoms with Gasteiger partial charge in [0.05, 0.1) is 0 Å². The molecule has 1 unspecified atom stereocenters. The predicted octanol–water partition coefficient (Wildman–Crippen LogP) is -0.371. The molecule has 0 aliphatic heterocycles. The highest BCUT2D eigenvalue weighted by Crippen LogP contribution is 2.01. The molecule has 0 fully saturated rings. The van der Waals surface area contributed by atoms with Crippen molar-refractivity contribution in [2.45, 2.75) is 26.3 Å². The van der Waals surface area contributed by atoms with Crippen molar-refractivity contribution in [3.8, 4) is 0 Å². The van der Waals surface area contributed by atoms with Crippen LogP contribution in [0.15, 0.2) is 0 Å². The van der Waals surface area contributed by atoms with E-state index in [0.29, 0.717) is 6.54 Å². The number of aliphatic carboxylic acids is 1. The number of nitrogens with two attached hydrogens (primary N) is 1. The molecular weight excluding hydrogens is 266 g/mol. The van der Waals surface area contributed by atoms with Crippen LogP contribution in [0.3, 0.4) is 0 Å². The Morgan fingerprint density at radius 2 is 1.95 bits per heavy atom. The van der Waals surface area contributed by atoms with Gasteiger partial charge in [-0.3, -0.25) is 4.79 Å². The third kappa shape index (κ3) is 7.57. The molecule has 0 saturated heterocycles. The minimum absolute atomic E-state index is 0.127. The number of nitrogens with zero attached hydrogens (tertiary/aromatic N) is 1. The Morgan fingerprint density at radius 3 is 2.35 bits per heavy atom. The van der Waals surface area contributed by atoms with E-state index in [1.54, 1.807) is 0 Å². The van der Waals surface area contributed by atoms with Gasteiger partial charge in [-0.2, -0.15) is 0 Å². The number of nitrogens with one attached hydrogen (secondary N) is 1. The molecule has 0 bridgehead atoms. The molecule has 0 aromatic heterocycles. The summed E-state index contributed by atoms with van der Waals surface area (Å²) in [7, 11) is 1.44. The minimum atomic E-state index is -1.15. The maximum Gasteiger partial charge on any atom is 0.326 e. The second kappa shape index (κ2) is 9.13. The number of carbonyl (C=O) groups excluding carboxylic acids is 2. The molecule has 116 valence electrons. The maximum absolute atomic E-state index is 12.0. The maximum atomic E-state index is 12.0. The Kier molecular flexibility index (Phi) is 8.30. The first-order valence-corrected chi connectivity index (χ1v) is 6.33. The number of carbonyl (C=O) groups is 3. The number of methoxy groups -OCH3 is 1. The van der Waals surface area contributed by atoms with Crippen molar-refractivity contribution in [1.29, 1.82) is 0 Å². The number of ether oxygens (including phenoxy) is 1. The highest BCUT2D eigenvalue weighted by molar-refractivity contribution is 5.86. The third-order valence-corrected chi connectivity index (χ3v) is 2.43. The van der Waals surface area contributed by atoms with Crippen LogP contribution in [-0.2, 0) is 14.3 Å². The molecule has 20 heavy (non-hydrogen) atoms. The number of urea groups is 1. The zero-order chi connectivity index (χ0) is 15.7. The molecule has 0 heterocycles. The molecule has 3 amide bonds. The fourth-order valence-corrected chi connectivity index (χ4v) is 1.58. The van der Waals surface area contributed by atoms with Gasteiger partial charge in [0.25, 0.3) is 0 Å². The minimum Gasteiger partial charge on any atom is -0.480 e. The van der Waals surface area contributed by atoms with E-state index < -0.39 is 23.9 Å². The topological polar surface area (TPSA) is 122 Å². The number of primary amides is 1. The molecule has 0 aromatic rings. The van der Waals surface area contributed by atoms with Gasteiger partial charge in [0, 0.05) is 26.7 Å². The standard InChI is InChI=1S/C12H23N3O5/c1-8(2)6-15(7-10(13)16)12(19)14-9(11(17)18)4-5-20-3/h8-9H,4-7H2,1-3H3,(H2,13,16)(H,14,19)(H,17,18). The molecule has 0 radical (unpaired) electrons. The fraction of sp³-hybridized carbons (Fsp3) is 0.750. The van der Waals surface area contributed by atoms with Gasteiger partial charge in [0.2, 0.25) is 5.91 Å². The van der Waals surface area contributed by atoms with Crippen LogP contribution in [-0.4, -0.2) is 60.8 Å². The lowest BCUT2D eigenvalue weighted by atomic mass is 10.2. The lowest BCUT2D eigenvalue weighted by Gasteiger charge is -2.25. The number of amides is 3. The van der Waals surface area contributed by atoms with Gasteiger partial charge in [0.15, 0.2) is 0 Å². The van der Waals surface area contributed by atoms with E-state index in [4.69, 9.17) is 15.6 Å². The van der Waals surface area contributed by atoms with Gasteiger partial charge in [-0.15, -0.1) is 0 Å². The van der Waals surface area contributed by atoms with Crippen molar-refractivity contribution >= 4 is 17.9 Å². The van der Waals surface area contributed by atoms with Crippen molar-refractivity contribution in [3.63, 3.8) is 0 Å². The zero-order valence-electron chi connectivity index (χ0n) is 12.1. The van der Waals surface area contributed by atoms with Crippen LogP contribution in [0.4, 0.5) is 4.79 Å². The molecule has 4 N–H and O–H groups in total. The summed E-state index contributed by atoms with van der Waals surface area (Å²) in [6.45, 7) is 4.02. The Morgan fingerprint density at radius 1 is 1.35 bits per heavy atom. The zero-order valence-corrected chi connectivity index (χ0v) is 12.1. The number of hydrogen-bond donors (Lipinski definition) is 3. The van der Waals surface area contributed by atoms with Crippen molar-refractivity contribution in [2.75, 3.05) is 26.8 Å². The molecule has 8 nitrogen and oxygen atoms in total. The summed E-state index contributed by atoms with van der Waals surface area (Å²) in [4.78, 5) is 35.2. The van der Waals surface area contributed by atoms with E-state index in [9.17, 15) is 14.4 Å². The monoisotopic (exact) mass is 289 g/mol. The first kappa shape index (κ1) is 18.2. The lowest BCUT2D eigenvalue weighted by molar-refractivity contribution is -0.139. The summed E-state index contributed by atoms with van der Waals surface area (Å²) >= 11 is 0. The van der Waals surface area contributed by atoms with Crippen molar-refractivity contribution in [2.24, 2.45) is 11.7 Å². The normalized spacial score (nSPS) is 12.0. The summed E-state index contributed by atoms with van der Waals surface area (Å²) in [6, 6.07) is -1.69. The Hall–Kier alpha value is -1.83. The van der Waals surface area contributed by atoms with E-state index >= 15 is 0 Å². The van der Waals surface area contributed by atoms with Crippen LogP contribution in [0.25, 0.3) is 0 Å². The molecular formula is C12H23N3O5. The largest absolute Gasteiger partial charge is 0.480 e. The number of carboxylic acids is 1. The second-order valence-electron chi connectivity index (χ2n) is 4.86. The lowest BCUT2D eigenvalue weighted by Crippen LogP contribution is -2.51. The van der Waals surface area contributed by atoms with Crippen LogP contribution in [0, 0.1) is 5.92 Å². The fourth-order valence-electron chi connectivity index (χ4n) is 1.58. The van der Waals surface area contributed by atoms with Crippen molar-refractivity contribution in [3.05, 3.63) is 0 Å². The molecule has 0 rings (SSSR count). The number of carboxylic acid groups (broad SMARTS) is 1. The predicted molar refractivity (Wildman–Crippen MR) is 72.1 cm³/mol. The quantitative estimate of drug-likeness (QED) is 0.534. The molecule has 0 aromatic carbocycles. The second-order valence-corrected chi connectivity index (χ2v) is 4.86. The van der Waals surface area contributed by atoms with E-state index in [1.165, 1.54) is 12.0 Å². The van der Waals surface area contributed by atoms with Gasteiger partial charge < -0.3 is 25.8 Å². The van der Waals surface area contributed by atoms with Crippen LogP contribution < -0.4 is 11.1 Å².